The topological polar surface area (TPSA) is 78.9 Å². The fourth-order valence-electron chi connectivity index (χ4n) is 3.24. The molecular formula is C20H26O6. The minimum absolute atomic E-state index is 0.216. The largest absolute Gasteiger partial charge is 0.458 e. The standard InChI is InChI=1S/C20H26O6/c1-11(2)19(22)26-18-16-13(4)20(23)25-15(16)9-12(3)7-6-8-14(10-21)17(18)24-5/h8-11,15-18H,4,6-7H2,1-3,5H3/b12-9+,14-8-/t15-,16+,17?,18+/m1/s1. The Hall–Kier alpha value is -2.21. The van der Waals surface area contributed by atoms with Gasteiger partial charge in [0.05, 0.1) is 11.8 Å². The van der Waals surface area contributed by atoms with Crippen LogP contribution in [0.15, 0.2) is 35.5 Å². The second-order valence-corrected chi connectivity index (χ2v) is 7.01. The first-order valence-electron chi connectivity index (χ1n) is 8.75. The van der Waals surface area contributed by atoms with E-state index in [0.29, 0.717) is 18.3 Å². The molecule has 1 aliphatic heterocycles. The molecule has 1 aliphatic carbocycles. The van der Waals surface area contributed by atoms with Crippen LogP contribution in [0.4, 0.5) is 0 Å². The highest BCUT2D eigenvalue weighted by Crippen LogP contribution is 2.37. The lowest BCUT2D eigenvalue weighted by Gasteiger charge is -2.33. The number of fused-ring (bicyclic) bond motifs is 1. The van der Waals surface area contributed by atoms with Gasteiger partial charge in [0.15, 0.2) is 0 Å². The SMILES string of the molecule is C=C1C(=O)O[C@@H]2/C=C(\C)CC/C=C(/C=O)C(OC)[C@@H](OC(=O)C(C)C)[C@@H]12. The van der Waals surface area contributed by atoms with Gasteiger partial charge in [-0.15, -0.1) is 0 Å². The van der Waals surface area contributed by atoms with Crippen molar-refractivity contribution < 1.29 is 28.6 Å². The van der Waals surface area contributed by atoms with Crippen LogP contribution >= 0.6 is 0 Å². The molecule has 2 rings (SSSR count). The maximum Gasteiger partial charge on any atom is 0.334 e. The third-order valence-electron chi connectivity index (χ3n) is 4.72. The summed E-state index contributed by atoms with van der Waals surface area (Å²) >= 11 is 0. The average Bonchev–Trinajstić information content (AvgIpc) is 2.86. The summed E-state index contributed by atoms with van der Waals surface area (Å²) in [6, 6.07) is 0. The number of esters is 2. The Kier molecular flexibility index (Phi) is 6.53. The summed E-state index contributed by atoms with van der Waals surface area (Å²) in [5.74, 6) is -1.95. The Balaban J connectivity index is 2.55. The highest BCUT2D eigenvalue weighted by Gasteiger charge is 2.48. The molecule has 4 atom stereocenters. The van der Waals surface area contributed by atoms with E-state index in [9.17, 15) is 14.4 Å². The first kappa shape index (κ1) is 20.1. The van der Waals surface area contributed by atoms with Gasteiger partial charge in [0.2, 0.25) is 0 Å². The van der Waals surface area contributed by atoms with Crippen molar-refractivity contribution in [2.24, 2.45) is 11.8 Å². The van der Waals surface area contributed by atoms with Crippen molar-refractivity contribution in [3.05, 3.63) is 35.5 Å². The maximum atomic E-state index is 12.3. The van der Waals surface area contributed by atoms with Gasteiger partial charge in [-0.25, -0.2) is 4.79 Å². The molecule has 0 saturated carbocycles. The number of hydrogen-bond donors (Lipinski definition) is 0. The quantitative estimate of drug-likeness (QED) is 0.331. The highest BCUT2D eigenvalue weighted by atomic mass is 16.6. The number of rotatable bonds is 4. The van der Waals surface area contributed by atoms with Crippen molar-refractivity contribution in [3.8, 4) is 0 Å². The summed E-state index contributed by atoms with van der Waals surface area (Å²) in [4.78, 5) is 36.1. The molecule has 1 fully saturated rings. The van der Waals surface area contributed by atoms with E-state index in [1.807, 2.05) is 13.0 Å². The van der Waals surface area contributed by atoms with Crippen molar-refractivity contribution in [2.75, 3.05) is 7.11 Å². The van der Waals surface area contributed by atoms with Gasteiger partial charge in [0.25, 0.3) is 0 Å². The van der Waals surface area contributed by atoms with Crippen LogP contribution in [0.3, 0.4) is 0 Å². The second-order valence-electron chi connectivity index (χ2n) is 7.01. The molecule has 2 aliphatic rings. The molecule has 0 bridgehead atoms. The Labute approximate surface area is 153 Å². The number of methoxy groups -OCH3 is 1. The van der Waals surface area contributed by atoms with Crippen molar-refractivity contribution in [3.63, 3.8) is 0 Å². The van der Waals surface area contributed by atoms with Gasteiger partial charge in [0.1, 0.15) is 24.6 Å². The molecule has 1 unspecified atom stereocenters. The van der Waals surface area contributed by atoms with Crippen LogP contribution in [0, 0.1) is 11.8 Å². The minimum atomic E-state index is -0.891. The molecule has 142 valence electrons. The zero-order valence-corrected chi connectivity index (χ0v) is 15.7. The molecule has 0 aromatic rings. The maximum absolute atomic E-state index is 12.3. The predicted molar refractivity (Wildman–Crippen MR) is 95.2 cm³/mol. The summed E-state index contributed by atoms with van der Waals surface area (Å²) < 4.78 is 16.7. The van der Waals surface area contributed by atoms with Gasteiger partial charge in [-0.05, 0) is 25.8 Å². The van der Waals surface area contributed by atoms with Crippen LogP contribution in [0.1, 0.15) is 33.6 Å². The van der Waals surface area contributed by atoms with Crippen molar-refractivity contribution >= 4 is 18.2 Å². The second kappa shape index (κ2) is 8.45. The minimum Gasteiger partial charge on any atom is -0.458 e. The van der Waals surface area contributed by atoms with Crippen LogP contribution < -0.4 is 0 Å². The molecule has 26 heavy (non-hydrogen) atoms. The Morgan fingerprint density at radius 1 is 1.42 bits per heavy atom. The number of aldehydes is 1. The van der Waals surface area contributed by atoms with E-state index in [1.54, 1.807) is 19.9 Å². The van der Waals surface area contributed by atoms with Crippen molar-refractivity contribution in [2.45, 2.75) is 51.9 Å². The normalized spacial score (nSPS) is 33.4. The Bertz CT molecular complexity index is 657. The fourth-order valence-corrected chi connectivity index (χ4v) is 3.24. The zero-order valence-electron chi connectivity index (χ0n) is 15.7. The molecule has 0 spiro atoms. The zero-order chi connectivity index (χ0) is 19.4. The number of carbonyl (C=O) groups is 3. The number of ether oxygens (including phenoxy) is 3. The molecule has 1 heterocycles. The fraction of sp³-hybridized carbons (Fsp3) is 0.550. The van der Waals surface area contributed by atoms with Crippen LogP contribution in [0.5, 0.6) is 0 Å². The van der Waals surface area contributed by atoms with E-state index < -0.39 is 36.2 Å². The summed E-state index contributed by atoms with van der Waals surface area (Å²) in [6.07, 6.45) is 3.41. The smallest absolute Gasteiger partial charge is 0.334 e. The van der Waals surface area contributed by atoms with Crippen molar-refractivity contribution in [1.82, 2.24) is 0 Å². The number of carbonyl (C=O) groups excluding carboxylic acids is 3. The molecule has 6 nitrogen and oxygen atoms in total. The lowest BCUT2D eigenvalue weighted by Crippen LogP contribution is -2.44. The van der Waals surface area contributed by atoms with Gasteiger partial charge >= 0.3 is 11.9 Å². The molecule has 0 amide bonds. The van der Waals surface area contributed by atoms with E-state index in [0.717, 1.165) is 12.0 Å². The van der Waals surface area contributed by atoms with Gasteiger partial charge in [0, 0.05) is 18.3 Å². The molecule has 0 N–H and O–H groups in total. The summed E-state index contributed by atoms with van der Waals surface area (Å²) in [5, 5.41) is 0. The first-order valence-corrected chi connectivity index (χ1v) is 8.75. The lowest BCUT2D eigenvalue weighted by atomic mass is 9.83. The van der Waals surface area contributed by atoms with Gasteiger partial charge < -0.3 is 14.2 Å². The lowest BCUT2D eigenvalue weighted by molar-refractivity contribution is -0.163. The molecule has 6 heteroatoms. The third kappa shape index (κ3) is 4.12. The molecule has 0 aromatic heterocycles. The molecule has 1 saturated heterocycles. The number of hydrogen-bond acceptors (Lipinski definition) is 6. The first-order chi connectivity index (χ1) is 12.3. The van der Waals surface area contributed by atoms with E-state index in [2.05, 4.69) is 6.58 Å². The summed E-state index contributed by atoms with van der Waals surface area (Å²) in [7, 11) is 1.44. The molecule has 0 aromatic carbocycles. The van der Waals surface area contributed by atoms with Crippen molar-refractivity contribution in [1.29, 1.82) is 0 Å². The Morgan fingerprint density at radius 2 is 2.12 bits per heavy atom. The van der Waals surface area contributed by atoms with Gasteiger partial charge in [-0.1, -0.05) is 32.1 Å². The summed E-state index contributed by atoms with van der Waals surface area (Å²) in [5.41, 5.74) is 1.62. The van der Waals surface area contributed by atoms with Gasteiger partial charge in [-0.2, -0.15) is 0 Å². The van der Waals surface area contributed by atoms with E-state index >= 15 is 0 Å². The molecular weight excluding hydrogens is 336 g/mol. The predicted octanol–water partition coefficient (Wildman–Crippen LogP) is 2.53. The van der Waals surface area contributed by atoms with E-state index in [1.165, 1.54) is 7.11 Å². The third-order valence-corrected chi connectivity index (χ3v) is 4.72. The van der Waals surface area contributed by atoms with E-state index in [-0.39, 0.29) is 11.5 Å². The average molecular weight is 362 g/mol. The Morgan fingerprint density at radius 3 is 2.69 bits per heavy atom. The van der Waals surface area contributed by atoms with E-state index in [4.69, 9.17) is 14.2 Å². The van der Waals surface area contributed by atoms with Crippen LogP contribution in [0.25, 0.3) is 0 Å². The molecule has 0 radical (unpaired) electrons. The number of allylic oxidation sites excluding steroid dienone is 2. The van der Waals surface area contributed by atoms with Crippen LogP contribution in [0.2, 0.25) is 0 Å². The van der Waals surface area contributed by atoms with Gasteiger partial charge in [-0.3, -0.25) is 9.59 Å². The monoisotopic (exact) mass is 362 g/mol. The summed E-state index contributed by atoms with van der Waals surface area (Å²) in [6.45, 7) is 9.20. The van der Waals surface area contributed by atoms with Crippen LogP contribution in [-0.4, -0.2) is 43.6 Å². The highest BCUT2D eigenvalue weighted by molar-refractivity contribution is 5.91. The van der Waals surface area contributed by atoms with Crippen LogP contribution in [-0.2, 0) is 28.6 Å².